The van der Waals surface area contributed by atoms with E-state index in [1.54, 1.807) is 38.1 Å². The van der Waals surface area contributed by atoms with E-state index >= 15 is 0 Å². The minimum atomic E-state index is -1.01. The highest BCUT2D eigenvalue weighted by molar-refractivity contribution is 9.40. The first-order valence-corrected chi connectivity index (χ1v) is 21.2. The number of esters is 1. The van der Waals surface area contributed by atoms with Crippen LogP contribution in [0.1, 0.15) is 39.4 Å². The van der Waals surface area contributed by atoms with Gasteiger partial charge in [-0.05, 0) is 62.0 Å². The topological polar surface area (TPSA) is 143 Å². The summed E-state index contributed by atoms with van der Waals surface area (Å²) in [7, 11) is 2.88. The molecule has 0 N–H and O–H groups in total. The lowest BCUT2D eigenvalue weighted by molar-refractivity contribution is -0.149. The number of rotatable bonds is 10. The molecule has 0 radical (unpaired) electrons. The second-order valence-corrected chi connectivity index (χ2v) is 22.3. The number of hydrogen-bond acceptors (Lipinski definition) is 13. The average molecular weight is 1020 g/mol. The SMILES string of the molecule is CC1(C)[C@H](C(=O)O[C@H](C#N)c2cccc(Oc3ccccc3)c2)[C@@H]1C(Br)C(Br)(Br)Br.CS/C(C)=N\OC(=O)N(C)SN(C)C(=O)O/N=C(/C)SC. The lowest BCUT2D eigenvalue weighted by Gasteiger charge is -2.21. The van der Waals surface area contributed by atoms with Gasteiger partial charge in [0.25, 0.3) is 0 Å². The maximum absolute atomic E-state index is 12.9. The fourth-order valence-corrected chi connectivity index (χ4v) is 6.88. The lowest BCUT2D eigenvalue weighted by atomic mass is 10.1. The van der Waals surface area contributed by atoms with Gasteiger partial charge < -0.3 is 9.47 Å². The van der Waals surface area contributed by atoms with Gasteiger partial charge in [-0.1, -0.05) is 118 Å². The standard InChI is InChI=1S/C22H19Br4NO3.C10H18N4O4S3/c1-21(2)17(19(23)22(24,25)26)18(21)20(28)30-16(12-27)13-7-6-10-15(11-13)29-14-8-4-3-5-9-14;1-7(19-5)11-17-9(15)13(3)21-14(4)10(16)18-12-8(2)20-6/h3-11,16-19H,1-2H3;1-6H3/b;11-7-,12-8-/t16-,17-,18+,19?;/m1./s1. The summed E-state index contributed by atoms with van der Waals surface area (Å²) in [6.45, 7) is 7.46. The Hall–Kier alpha value is -1.95. The molecule has 0 aliphatic heterocycles. The maximum Gasteiger partial charge on any atom is 0.447 e. The normalized spacial score (nSPS) is 17.7. The molecule has 2 aromatic rings. The molecular formula is C32H37Br4N5O7S3. The maximum atomic E-state index is 12.9. The Bertz CT molecular complexity index is 1570. The first-order chi connectivity index (χ1) is 23.9. The molecule has 2 amide bonds. The molecule has 1 fully saturated rings. The summed E-state index contributed by atoms with van der Waals surface area (Å²) in [6.07, 6.45) is 1.19. The number of thioether (sulfide) groups is 2. The van der Waals surface area contributed by atoms with Crippen molar-refractivity contribution in [2.24, 2.45) is 27.6 Å². The number of para-hydroxylation sites is 1. The molecule has 0 spiro atoms. The summed E-state index contributed by atoms with van der Waals surface area (Å²) >= 11 is 17.7. The van der Waals surface area contributed by atoms with Crippen LogP contribution in [0.25, 0.3) is 0 Å². The third-order valence-electron chi connectivity index (χ3n) is 7.14. The fraction of sp³-hybridized carbons (Fsp3) is 0.438. The van der Waals surface area contributed by atoms with Gasteiger partial charge in [-0.15, -0.1) is 23.5 Å². The Labute approximate surface area is 344 Å². The van der Waals surface area contributed by atoms with E-state index in [0.717, 1.165) is 20.7 Å². The van der Waals surface area contributed by atoms with Crippen molar-refractivity contribution < 1.29 is 33.5 Å². The number of hydrogen-bond donors (Lipinski definition) is 0. The number of nitriles is 1. The minimum absolute atomic E-state index is 0.0233. The highest BCUT2D eigenvalue weighted by Crippen LogP contribution is 2.66. The van der Waals surface area contributed by atoms with E-state index in [4.69, 9.17) is 9.47 Å². The molecule has 0 aromatic heterocycles. The van der Waals surface area contributed by atoms with E-state index in [2.05, 4.69) is 89.8 Å². The van der Waals surface area contributed by atoms with Crippen LogP contribution < -0.4 is 4.74 Å². The summed E-state index contributed by atoms with van der Waals surface area (Å²) in [6, 6.07) is 18.5. The van der Waals surface area contributed by atoms with E-state index in [9.17, 15) is 19.6 Å². The first-order valence-electron chi connectivity index (χ1n) is 14.8. The Morgan fingerprint density at radius 1 is 0.902 bits per heavy atom. The zero-order valence-electron chi connectivity index (χ0n) is 28.8. The minimum Gasteiger partial charge on any atom is -0.457 e. The smallest absolute Gasteiger partial charge is 0.447 e. The molecule has 2 aromatic carbocycles. The van der Waals surface area contributed by atoms with Crippen molar-refractivity contribution in [3.63, 3.8) is 0 Å². The number of amides is 2. The zero-order valence-corrected chi connectivity index (χ0v) is 37.6. The fourth-order valence-electron chi connectivity index (χ4n) is 4.25. The molecule has 3 rings (SSSR count). The number of ether oxygens (including phenoxy) is 2. The van der Waals surface area contributed by atoms with E-state index in [1.165, 1.54) is 37.6 Å². The number of carbonyl (C=O) groups excluding carboxylic acids is 3. The second kappa shape index (κ2) is 21.1. The average Bonchev–Trinajstić information content (AvgIpc) is 3.68. The van der Waals surface area contributed by atoms with Gasteiger partial charge in [0.2, 0.25) is 6.10 Å². The van der Waals surface area contributed by atoms with Crippen molar-refractivity contribution in [1.29, 1.82) is 5.26 Å². The van der Waals surface area contributed by atoms with Gasteiger partial charge in [-0.25, -0.2) is 18.2 Å². The van der Waals surface area contributed by atoms with Gasteiger partial charge in [0.15, 0.2) is 0 Å². The number of benzene rings is 2. The molecule has 12 nitrogen and oxygen atoms in total. The van der Waals surface area contributed by atoms with Crippen LogP contribution in [0, 0.1) is 28.6 Å². The van der Waals surface area contributed by atoms with Gasteiger partial charge in [0.1, 0.15) is 29.8 Å². The van der Waals surface area contributed by atoms with Gasteiger partial charge in [-0.3, -0.25) is 14.5 Å². The molecule has 278 valence electrons. The molecule has 1 saturated carbocycles. The Kier molecular flexibility index (Phi) is 18.7. The molecule has 1 unspecified atom stereocenters. The van der Waals surface area contributed by atoms with Gasteiger partial charge in [0, 0.05) is 19.7 Å². The molecule has 1 aliphatic carbocycles. The van der Waals surface area contributed by atoms with Crippen LogP contribution in [0.4, 0.5) is 9.59 Å². The largest absolute Gasteiger partial charge is 0.457 e. The van der Waals surface area contributed by atoms with Gasteiger partial charge in [-0.2, -0.15) is 5.26 Å². The number of alkyl halides is 4. The summed E-state index contributed by atoms with van der Waals surface area (Å²) in [5.74, 6) is 0.576. The molecule has 1 aliphatic rings. The van der Waals surface area contributed by atoms with Crippen molar-refractivity contribution in [3.8, 4) is 17.6 Å². The summed E-state index contributed by atoms with van der Waals surface area (Å²) < 4.78 is 13.1. The van der Waals surface area contributed by atoms with E-state index in [0.29, 0.717) is 27.1 Å². The number of nitrogens with zero attached hydrogens (tertiary/aromatic N) is 5. The predicted octanol–water partition coefficient (Wildman–Crippen LogP) is 10.5. The molecule has 0 bridgehead atoms. The van der Waals surface area contributed by atoms with Crippen molar-refractivity contribution >= 4 is 128 Å². The summed E-state index contributed by atoms with van der Waals surface area (Å²) in [5, 5.41) is 18.1. The molecule has 19 heteroatoms. The lowest BCUT2D eigenvalue weighted by Crippen LogP contribution is -2.28. The first kappa shape index (κ1) is 45.2. The Balaban J connectivity index is 0.000000380. The van der Waals surface area contributed by atoms with Crippen LogP contribution in [-0.4, -0.2) is 70.4 Å². The third-order valence-corrected chi connectivity index (χ3v) is 13.8. The Morgan fingerprint density at radius 2 is 1.41 bits per heavy atom. The summed E-state index contributed by atoms with van der Waals surface area (Å²) in [4.78, 5) is 45.4. The van der Waals surface area contributed by atoms with E-state index in [-0.39, 0.29) is 28.0 Å². The van der Waals surface area contributed by atoms with Crippen LogP contribution in [0.2, 0.25) is 0 Å². The van der Waals surface area contributed by atoms with Crippen LogP contribution in [0.5, 0.6) is 11.5 Å². The zero-order chi connectivity index (χ0) is 38.5. The van der Waals surface area contributed by atoms with Crippen LogP contribution in [0.3, 0.4) is 0 Å². The third kappa shape index (κ3) is 14.4. The Morgan fingerprint density at radius 3 is 1.88 bits per heavy atom. The monoisotopic (exact) mass is 1010 g/mol. The highest BCUT2D eigenvalue weighted by Gasteiger charge is 2.67. The van der Waals surface area contributed by atoms with Crippen molar-refractivity contribution in [1.82, 2.24) is 8.61 Å². The molecule has 0 heterocycles. The molecular weight excluding hydrogens is 982 g/mol. The van der Waals surface area contributed by atoms with E-state index < -0.39 is 20.4 Å². The van der Waals surface area contributed by atoms with Gasteiger partial charge in [0.05, 0.1) is 22.9 Å². The number of halogens is 4. The second-order valence-electron chi connectivity index (χ2n) is 11.1. The number of oxime groups is 2. The van der Waals surface area contributed by atoms with Crippen LogP contribution in [-0.2, 0) is 19.2 Å². The van der Waals surface area contributed by atoms with Crippen LogP contribution >= 0.6 is 99.4 Å². The van der Waals surface area contributed by atoms with E-state index in [1.807, 2.05) is 56.7 Å². The molecule has 4 atom stereocenters. The molecule has 0 saturated heterocycles. The highest BCUT2D eigenvalue weighted by atomic mass is 80.0. The van der Waals surface area contributed by atoms with Crippen molar-refractivity contribution in [3.05, 3.63) is 60.2 Å². The van der Waals surface area contributed by atoms with Crippen LogP contribution in [0.15, 0.2) is 64.9 Å². The molecule has 51 heavy (non-hydrogen) atoms. The van der Waals surface area contributed by atoms with Gasteiger partial charge >= 0.3 is 18.2 Å². The number of carbonyl (C=O) groups is 3. The predicted molar refractivity (Wildman–Crippen MR) is 220 cm³/mol. The quantitative estimate of drug-likeness (QED) is 0.0427. The van der Waals surface area contributed by atoms with Crippen molar-refractivity contribution in [2.45, 2.75) is 40.8 Å². The van der Waals surface area contributed by atoms with Crippen molar-refractivity contribution in [2.75, 3.05) is 26.6 Å². The summed E-state index contributed by atoms with van der Waals surface area (Å²) in [5.41, 5.74) is 0.310.